The van der Waals surface area contributed by atoms with Gasteiger partial charge in [-0.15, -0.1) is 0 Å². The fraction of sp³-hybridized carbons (Fsp3) is 0.154. The second kappa shape index (κ2) is 3.66. The van der Waals surface area contributed by atoms with E-state index in [1.165, 1.54) is 0 Å². The summed E-state index contributed by atoms with van der Waals surface area (Å²) in [4.78, 5) is 14.4. The number of fused-ring (bicyclic) bond motifs is 3. The zero-order chi connectivity index (χ0) is 11.8. The minimum atomic E-state index is -0.161. The number of aromatic amines is 1. The normalized spacial score (nSPS) is 12.3. The average molecular weight is 228 g/mol. The van der Waals surface area contributed by atoms with Gasteiger partial charge in [-0.1, -0.05) is 24.3 Å². The molecule has 2 N–H and O–H groups in total. The van der Waals surface area contributed by atoms with Crippen LogP contribution in [0.15, 0.2) is 35.1 Å². The summed E-state index contributed by atoms with van der Waals surface area (Å²) < 4.78 is 5.55. The highest BCUT2D eigenvalue weighted by Gasteiger charge is 2.18. The van der Waals surface area contributed by atoms with Crippen molar-refractivity contribution in [3.63, 3.8) is 0 Å². The Kier molecular flexibility index (Phi) is 2.14. The summed E-state index contributed by atoms with van der Waals surface area (Å²) >= 11 is 0. The van der Waals surface area contributed by atoms with E-state index in [0.717, 1.165) is 16.7 Å². The van der Waals surface area contributed by atoms with Crippen molar-refractivity contribution in [2.24, 2.45) is 0 Å². The molecule has 1 aromatic heterocycles. The largest absolute Gasteiger partial charge is 0.474 e. The molecular formula is C13H12N2O2. The van der Waals surface area contributed by atoms with Crippen molar-refractivity contribution in [2.45, 2.75) is 6.61 Å². The van der Waals surface area contributed by atoms with Crippen LogP contribution in [0.3, 0.4) is 0 Å². The number of rotatable bonds is 1. The van der Waals surface area contributed by atoms with E-state index in [0.29, 0.717) is 18.2 Å². The van der Waals surface area contributed by atoms with Gasteiger partial charge in [0.2, 0.25) is 5.88 Å². The predicted molar refractivity (Wildman–Crippen MR) is 66.4 cm³/mol. The zero-order valence-electron chi connectivity index (χ0n) is 9.41. The van der Waals surface area contributed by atoms with E-state index in [1.807, 2.05) is 30.3 Å². The van der Waals surface area contributed by atoms with E-state index in [1.54, 1.807) is 7.05 Å². The molecule has 4 heteroatoms. The Hall–Kier alpha value is -2.23. The molecule has 0 fully saturated rings. The fourth-order valence-electron chi connectivity index (χ4n) is 2.07. The van der Waals surface area contributed by atoms with E-state index in [9.17, 15) is 4.79 Å². The minimum Gasteiger partial charge on any atom is -0.474 e. The standard InChI is InChI=1S/C13H12N2O2/c1-14-11-6-10-9-5-3-2-4-8(9)7-17-13(10)15-12(11)16/h2-6,14H,7H2,1H3,(H,15,16). The third-order valence-electron chi connectivity index (χ3n) is 2.95. The monoisotopic (exact) mass is 228 g/mol. The maximum Gasteiger partial charge on any atom is 0.274 e. The molecule has 0 amide bonds. The van der Waals surface area contributed by atoms with E-state index in [2.05, 4.69) is 10.3 Å². The Balaban J connectivity index is 2.28. The summed E-state index contributed by atoms with van der Waals surface area (Å²) in [6, 6.07) is 9.86. The molecule has 1 aromatic carbocycles. The minimum absolute atomic E-state index is 0.161. The molecule has 1 aliphatic rings. The molecule has 0 radical (unpaired) electrons. The van der Waals surface area contributed by atoms with Gasteiger partial charge in [0.1, 0.15) is 12.3 Å². The Morgan fingerprint density at radius 1 is 1.29 bits per heavy atom. The van der Waals surface area contributed by atoms with Crippen LogP contribution in [0.4, 0.5) is 5.69 Å². The Morgan fingerprint density at radius 2 is 2.12 bits per heavy atom. The van der Waals surface area contributed by atoms with Crippen LogP contribution >= 0.6 is 0 Å². The Labute approximate surface area is 98.3 Å². The lowest BCUT2D eigenvalue weighted by Crippen LogP contribution is -2.16. The first-order chi connectivity index (χ1) is 8.29. The molecule has 1 aliphatic heterocycles. The molecule has 0 aliphatic carbocycles. The van der Waals surface area contributed by atoms with E-state index in [-0.39, 0.29) is 5.56 Å². The third-order valence-corrected chi connectivity index (χ3v) is 2.95. The SMILES string of the molecule is CNc1cc2c([nH]c1=O)OCc1ccccc1-2. The summed E-state index contributed by atoms with van der Waals surface area (Å²) in [6.07, 6.45) is 0. The first-order valence-electron chi connectivity index (χ1n) is 5.46. The lowest BCUT2D eigenvalue weighted by Gasteiger charge is -2.20. The van der Waals surface area contributed by atoms with Crippen LogP contribution in [0.1, 0.15) is 5.56 Å². The van der Waals surface area contributed by atoms with Crippen molar-refractivity contribution in [2.75, 3.05) is 12.4 Å². The smallest absolute Gasteiger partial charge is 0.274 e. The number of aromatic nitrogens is 1. The predicted octanol–water partition coefficient (Wildman–Crippen LogP) is 1.98. The molecule has 0 unspecified atom stereocenters. The van der Waals surface area contributed by atoms with Gasteiger partial charge in [0.25, 0.3) is 5.56 Å². The zero-order valence-corrected chi connectivity index (χ0v) is 9.41. The molecule has 0 saturated heterocycles. The Morgan fingerprint density at radius 3 is 2.94 bits per heavy atom. The lowest BCUT2D eigenvalue weighted by molar-refractivity contribution is 0.289. The van der Waals surface area contributed by atoms with Crippen LogP contribution in [-0.2, 0) is 6.61 Å². The maximum absolute atomic E-state index is 11.6. The van der Waals surface area contributed by atoms with Gasteiger partial charge in [0.05, 0.1) is 0 Å². The van der Waals surface area contributed by atoms with Crippen molar-refractivity contribution in [1.82, 2.24) is 4.98 Å². The first kappa shape index (κ1) is 9.96. The molecule has 3 rings (SSSR count). The fourth-order valence-corrected chi connectivity index (χ4v) is 2.07. The van der Waals surface area contributed by atoms with Crippen LogP contribution in [0.2, 0.25) is 0 Å². The Bertz CT molecular complexity index is 632. The highest BCUT2D eigenvalue weighted by atomic mass is 16.5. The lowest BCUT2D eigenvalue weighted by atomic mass is 9.99. The molecule has 2 heterocycles. The van der Waals surface area contributed by atoms with Gasteiger partial charge in [-0.05, 0) is 17.2 Å². The third kappa shape index (κ3) is 1.49. The molecule has 86 valence electrons. The van der Waals surface area contributed by atoms with Gasteiger partial charge in [-0.3, -0.25) is 9.78 Å². The average Bonchev–Trinajstić information content (AvgIpc) is 2.37. The van der Waals surface area contributed by atoms with Gasteiger partial charge in [0.15, 0.2) is 0 Å². The highest BCUT2D eigenvalue weighted by Crippen LogP contribution is 2.35. The summed E-state index contributed by atoms with van der Waals surface area (Å²) in [6.45, 7) is 0.498. The van der Waals surface area contributed by atoms with E-state index < -0.39 is 0 Å². The summed E-state index contributed by atoms with van der Waals surface area (Å²) in [5.41, 5.74) is 3.56. The number of hydrogen-bond acceptors (Lipinski definition) is 3. The van der Waals surface area contributed by atoms with Gasteiger partial charge in [0, 0.05) is 12.6 Å². The van der Waals surface area contributed by atoms with Crippen LogP contribution < -0.4 is 15.6 Å². The summed E-state index contributed by atoms with van der Waals surface area (Å²) in [5, 5.41) is 2.88. The number of hydrogen-bond donors (Lipinski definition) is 2. The van der Waals surface area contributed by atoms with Crippen LogP contribution in [0.5, 0.6) is 5.88 Å². The molecule has 0 bridgehead atoms. The number of anilines is 1. The summed E-state index contributed by atoms with van der Waals surface area (Å²) in [7, 11) is 1.73. The molecule has 0 atom stereocenters. The molecule has 4 nitrogen and oxygen atoms in total. The molecule has 17 heavy (non-hydrogen) atoms. The number of ether oxygens (including phenoxy) is 1. The van der Waals surface area contributed by atoms with Crippen LogP contribution in [-0.4, -0.2) is 12.0 Å². The van der Waals surface area contributed by atoms with Gasteiger partial charge in [-0.25, -0.2) is 0 Å². The number of pyridine rings is 1. The number of benzene rings is 1. The highest BCUT2D eigenvalue weighted by molar-refractivity contribution is 5.76. The van der Waals surface area contributed by atoms with Crippen molar-refractivity contribution >= 4 is 5.69 Å². The van der Waals surface area contributed by atoms with E-state index in [4.69, 9.17) is 4.74 Å². The first-order valence-corrected chi connectivity index (χ1v) is 5.46. The quantitative estimate of drug-likeness (QED) is 0.784. The van der Waals surface area contributed by atoms with Crippen molar-refractivity contribution in [1.29, 1.82) is 0 Å². The molecule has 2 aromatic rings. The second-order valence-electron chi connectivity index (χ2n) is 3.95. The van der Waals surface area contributed by atoms with Crippen molar-refractivity contribution in [3.05, 3.63) is 46.2 Å². The maximum atomic E-state index is 11.6. The topological polar surface area (TPSA) is 54.1 Å². The van der Waals surface area contributed by atoms with Crippen LogP contribution in [0.25, 0.3) is 11.1 Å². The van der Waals surface area contributed by atoms with E-state index >= 15 is 0 Å². The number of H-pyrrole nitrogens is 1. The van der Waals surface area contributed by atoms with Gasteiger partial charge < -0.3 is 10.1 Å². The van der Waals surface area contributed by atoms with Crippen LogP contribution in [0, 0.1) is 0 Å². The van der Waals surface area contributed by atoms with Gasteiger partial charge in [-0.2, -0.15) is 0 Å². The van der Waals surface area contributed by atoms with Crippen molar-refractivity contribution < 1.29 is 4.74 Å². The second-order valence-corrected chi connectivity index (χ2v) is 3.95. The van der Waals surface area contributed by atoms with Crippen molar-refractivity contribution in [3.8, 4) is 17.0 Å². The van der Waals surface area contributed by atoms with Gasteiger partial charge >= 0.3 is 0 Å². The molecule has 0 spiro atoms. The molecule has 0 saturated carbocycles. The molecular weight excluding hydrogens is 216 g/mol. The summed E-state index contributed by atoms with van der Waals surface area (Å²) in [5.74, 6) is 0.549. The number of nitrogens with one attached hydrogen (secondary N) is 2.